The molecule has 4 fully saturated rings. The SMILES string of the molecule is C[C@]12C=CC(=O)C=C1[C@@H](F)C[C@H]1[C@@H]3C[C@H]4CN(Cc5ccoc5)O[C@@]4(C(=O)O)[C@@]3(C)C[C@H](O)[C@@]12F. The van der Waals surface area contributed by atoms with Crippen LogP contribution in [0.5, 0.6) is 0 Å². The predicted octanol–water partition coefficient (Wildman–Crippen LogP) is 3.40. The molecule has 1 aliphatic heterocycles. The third kappa shape index (κ3) is 2.64. The highest BCUT2D eigenvalue weighted by Crippen LogP contribution is 2.72. The van der Waals surface area contributed by atoms with Gasteiger partial charge in [-0.1, -0.05) is 13.0 Å². The van der Waals surface area contributed by atoms with E-state index >= 15 is 8.78 Å². The van der Waals surface area contributed by atoms with E-state index in [1.807, 2.05) is 0 Å². The molecule has 188 valence electrons. The first-order chi connectivity index (χ1) is 16.5. The highest BCUT2D eigenvalue weighted by atomic mass is 19.1. The summed E-state index contributed by atoms with van der Waals surface area (Å²) in [4.78, 5) is 31.1. The number of aliphatic hydroxyl groups excluding tert-OH is 1. The number of ketones is 1. The number of carbonyl (C=O) groups excluding carboxylic acids is 1. The minimum atomic E-state index is -2.24. The number of alkyl halides is 2. The summed E-state index contributed by atoms with van der Waals surface area (Å²) in [6, 6.07) is 1.77. The van der Waals surface area contributed by atoms with Crippen molar-refractivity contribution in [3.63, 3.8) is 0 Å². The molecule has 2 heterocycles. The Morgan fingerprint density at radius 3 is 2.74 bits per heavy atom. The van der Waals surface area contributed by atoms with E-state index < -0.39 is 63.9 Å². The molecule has 9 heteroatoms. The number of nitrogens with zero attached hydrogens (tertiary/aromatic N) is 1. The number of fused-ring (bicyclic) bond motifs is 7. The van der Waals surface area contributed by atoms with E-state index in [4.69, 9.17) is 9.25 Å². The first-order valence-corrected chi connectivity index (χ1v) is 12.1. The average molecular weight is 490 g/mol. The highest BCUT2D eigenvalue weighted by molar-refractivity contribution is 6.01. The van der Waals surface area contributed by atoms with Gasteiger partial charge in [0.2, 0.25) is 0 Å². The topological polar surface area (TPSA) is 100 Å². The van der Waals surface area contributed by atoms with Gasteiger partial charge in [-0.15, -0.1) is 0 Å². The van der Waals surface area contributed by atoms with Gasteiger partial charge >= 0.3 is 5.97 Å². The van der Waals surface area contributed by atoms with Crippen LogP contribution in [0.15, 0.2) is 46.8 Å². The third-order valence-electron chi connectivity index (χ3n) is 9.93. The van der Waals surface area contributed by atoms with Crippen LogP contribution >= 0.6 is 0 Å². The molecule has 7 nitrogen and oxygen atoms in total. The van der Waals surface area contributed by atoms with Gasteiger partial charge in [0.1, 0.15) is 6.17 Å². The van der Waals surface area contributed by atoms with Crippen molar-refractivity contribution in [2.24, 2.45) is 28.6 Å². The van der Waals surface area contributed by atoms with Crippen LogP contribution in [0, 0.1) is 28.6 Å². The fourth-order valence-corrected chi connectivity index (χ4v) is 8.36. The normalized spacial score (nSPS) is 48.7. The lowest BCUT2D eigenvalue weighted by Crippen LogP contribution is -2.70. The van der Waals surface area contributed by atoms with E-state index in [9.17, 15) is 19.8 Å². The number of aliphatic hydroxyl groups is 1. The number of hydrogen-bond donors (Lipinski definition) is 2. The summed E-state index contributed by atoms with van der Waals surface area (Å²) in [5.41, 5.74) is -5.63. The third-order valence-corrected chi connectivity index (χ3v) is 9.93. The Kier molecular flexibility index (Phi) is 4.68. The molecule has 1 aromatic heterocycles. The van der Waals surface area contributed by atoms with Crippen molar-refractivity contribution >= 4 is 11.8 Å². The zero-order valence-electron chi connectivity index (χ0n) is 19.6. The van der Waals surface area contributed by atoms with Crippen molar-refractivity contribution in [1.29, 1.82) is 0 Å². The molecule has 1 aromatic rings. The van der Waals surface area contributed by atoms with Crippen LogP contribution in [0.4, 0.5) is 8.78 Å². The van der Waals surface area contributed by atoms with Crippen LogP contribution in [0.1, 0.15) is 38.7 Å². The summed E-state index contributed by atoms with van der Waals surface area (Å²) in [7, 11) is 0. The van der Waals surface area contributed by atoms with E-state index in [0.29, 0.717) is 19.5 Å². The molecule has 0 aromatic carbocycles. The molecular weight excluding hydrogens is 460 g/mol. The number of hydrogen-bond acceptors (Lipinski definition) is 6. The number of carboxylic acid groups (broad SMARTS) is 1. The van der Waals surface area contributed by atoms with Crippen molar-refractivity contribution in [3.05, 3.63) is 48.0 Å². The maximum absolute atomic E-state index is 17.2. The van der Waals surface area contributed by atoms with Gasteiger partial charge in [0.15, 0.2) is 17.1 Å². The Hall–Kier alpha value is -2.36. The zero-order valence-corrected chi connectivity index (χ0v) is 19.6. The summed E-state index contributed by atoms with van der Waals surface area (Å²) >= 11 is 0. The smallest absolute Gasteiger partial charge is 0.339 e. The maximum Gasteiger partial charge on any atom is 0.339 e. The summed E-state index contributed by atoms with van der Waals surface area (Å²) in [5, 5.41) is 23.5. The minimum absolute atomic E-state index is 0.0556. The lowest BCUT2D eigenvalue weighted by Gasteiger charge is -2.62. The molecule has 0 amide bonds. The summed E-state index contributed by atoms with van der Waals surface area (Å²) in [6.07, 6.45) is 3.75. The van der Waals surface area contributed by atoms with Gasteiger partial charge in [-0.25, -0.2) is 13.6 Å². The van der Waals surface area contributed by atoms with Gasteiger partial charge in [-0.3, -0.25) is 9.63 Å². The zero-order chi connectivity index (χ0) is 25.0. The molecule has 4 aliphatic carbocycles. The first-order valence-electron chi connectivity index (χ1n) is 12.1. The van der Waals surface area contributed by atoms with Gasteiger partial charge in [-0.2, -0.15) is 5.06 Å². The molecule has 2 N–H and O–H groups in total. The fourth-order valence-electron chi connectivity index (χ4n) is 8.36. The number of furan rings is 1. The quantitative estimate of drug-likeness (QED) is 0.671. The van der Waals surface area contributed by atoms with Gasteiger partial charge in [0, 0.05) is 34.8 Å². The van der Waals surface area contributed by atoms with E-state index in [0.717, 1.165) is 11.6 Å². The molecule has 0 bridgehead atoms. The minimum Gasteiger partial charge on any atom is -0.479 e. The average Bonchev–Trinajstić information content (AvgIpc) is 3.48. The second kappa shape index (κ2) is 7.11. The number of aliphatic carboxylic acids is 1. The summed E-state index contributed by atoms with van der Waals surface area (Å²) < 4.78 is 37.9. The molecule has 0 unspecified atom stereocenters. The molecule has 6 rings (SSSR count). The van der Waals surface area contributed by atoms with Crippen molar-refractivity contribution in [1.82, 2.24) is 5.06 Å². The Labute approximate surface area is 201 Å². The Morgan fingerprint density at radius 2 is 2.06 bits per heavy atom. The number of rotatable bonds is 3. The molecule has 3 saturated carbocycles. The van der Waals surface area contributed by atoms with Gasteiger partial charge in [-0.05, 0) is 55.9 Å². The van der Waals surface area contributed by atoms with Gasteiger partial charge in [0.25, 0.3) is 0 Å². The number of halogens is 2. The van der Waals surface area contributed by atoms with Gasteiger partial charge in [0.05, 0.1) is 25.2 Å². The molecule has 5 aliphatic rings. The van der Waals surface area contributed by atoms with E-state index in [-0.39, 0.29) is 18.4 Å². The summed E-state index contributed by atoms with van der Waals surface area (Å²) in [5.74, 6) is -3.45. The standard InChI is InChI=1S/C26H29F2NO6/c1-23-5-3-16(30)8-19(23)20(27)9-18-17-7-15-12-29(11-14-4-6-34-13-14)35-26(15,22(32)33)24(17,2)10-21(31)25(18,23)28/h3-6,8,13,15,17-18,20-21,31H,7,9-12H2,1-2H3,(H,32,33)/t15-,17-,18-,20-,21-,23-,24-,25-,26-/m0/s1. The lowest BCUT2D eigenvalue weighted by molar-refractivity contribution is -0.275. The van der Waals surface area contributed by atoms with E-state index in [1.54, 1.807) is 24.3 Å². The van der Waals surface area contributed by atoms with Crippen LogP contribution in [-0.2, 0) is 21.0 Å². The monoisotopic (exact) mass is 489 g/mol. The lowest BCUT2D eigenvalue weighted by atomic mass is 9.44. The number of allylic oxidation sites excluding steroid dienone is 4. The second-order valence-electron chi connectivity index (χ2n) is 11.4. The first kappa shape index (κ1) is 23.1. The molecular formula is C26H29F2NO6. The van der Waals surface area contributed by atoms with E-state index in [2.05, 4.69) is 0 Å². The van der Waals surface area contributed by atoms with Crippen LogP contribution in [-0.4, -0.2) is 57.1 Å². The molecule has 0 radical (unpaired) electrons. The van der Waals surface area contributed by atoms with Crippen molar-refractivity contribution < 1.29 is 37.8 Å². The van der Waals surface area contributed by atoms with Crippen molar-refractivity contribution in [2.75, 3.05) is 6.54 Å². The van der Waals surface area contributed by atoms with Crippen LogP contribution in [0.2, 0.25) is 0 Å². The number of carbonyl (C=O) groups is 2. The maximum atomic E-state index is 17.2. The molecule has 1 saturated heterocycles. The largest absolute Gasteiger partial charge is 0.479 e. The second-order valence-corrected chi connectivity index (χ2v) is 11.4. The highest BCUT2D eigenvalue weighted by Gasteiger charge is 2.80. The van der Waals surface area contributed by atoms with Crippen LogP contribution < -0.4 is 0 Å². The van der Waals surface area contributed by atoms with Crippen molar-refractivity contribution in [2.45, 2.75) is 63.2 Å². The van der Waals surface area contributed by atoms with Crippen LogP contribution in [0.25, 0.3) is 0 Å². The Bertz CT molecular complexity index is 1150. The number of hydroxylamine groups is 2. The van der Waals surface area contributed by atoms with Crippen molar-refractivity contribution in [3.8, 4) is 0 Å². The van der Waals surface area contributed by atoms with Gasteiger partial charge < -0.3 is 14.6 Å². The fraction of sp³-hybridized carbons (Fsp3) is 0.615. The Balaban J connectivity index is 1.41. The van der Waals surface area contributed by atoms with E-state index in [1.165, 1.54) is 25.3 Å². The Morgan fingerprint density at radius 1 is 1.29 bits per heavy atom. The molecule has 9 atom stereocenters. The van der Waals surface area contributed by atoms with Crippen LogP contribution in [0.3, 0.4) is 0 Å². The molecule has 0 spiro atoms. The number of carboxylic acids is 1. The molecule has 35 heavy (non-hydrogen) atoms. The summed E-state index contributed by atoms with van der Waals surface area (Å²) in [6.45, 7) is 3.94. The predicted molar refractivity (Wildman–Crippen MR) is 118 cm³/mol.